The Morgan fingerprint density at radius 3 is 2.74 bits per heavy atom. The van der Waals surface area contributed by atoms with Gasteiger partial charge in [0.05, 0.1) is 11.6 Å². The van der Waals surface area contributed by atoms with Crippen LogP contribution in [0, 0.1) is 17.8 Å². The van der Waals surface area contributed by atoms with Gasteiger partial charge in [0.15, 0.2) is 0 Å². The van der Waals surface area contributed by atoms with Crippen LogP contribution >= 0.6 is 15.9 Å². The van der Waals surface area contributed by atoms with Crippen molar-refractivity contribution in [3.05, 3.63) is 28.2 Å². The molecule has 3 atom stereocenters. The summed E-state index contributed by atoms with van der Waals surface area (Å²) in [5.41, 5.74) is 4.35. The Balaban J connectivity index is 1.68. The zero-order chi connectivity index (χ0) is 13.4. The minimum absolute atomic E-state index is 0.413. The topological polar surface area (TPSA) is 47.3 Å². The van der Waals surface area contributed by atoms with Crippen LogP contribution in [0.3, 0.4) is 0 Å². The molecule has 0 aromatic heterocycles. The van der Waals surface area contributed by atoms with Crippen LogP contribution in [0.2, 0.25) is 0 Å². The molecule has 2 aliphatic carbocycles. The number of methoxy groups -OCH3 is 1. The van der Waals surface area contributed by atoms with Gasteiger partial charge in [-0.25, -0.2) is 0 Å². The summed E-state index contributed by atoms with van der Waals surface area (Å²) in [5.74, 6) is 9.31. The Morgan fingerprint density at radius 1 is 1.42 bits per heavy atom. The molecule has 104 valence electrons. The number of nitrogens with two attached hydrogens (primary N) is 1. The summed E-state index contributed by atoms with van der Waals surface area (Å²) in [6.45, 7) is 0. The lowest BCUT2D eigenvalue weighted by Crippen LogP contribution is -2.39. The van der Waals surface area contributed by atoms with Crippen LogP contribution in [-0.2, 0) is 6.42 Å². The minimum Gasteiger partial charge on any atom is -0.496 e. The van der Waals surface area contributed by atoms with E-state index in [9.17, 15) is 0 Å². The Hall–Kier alpha value is -0.580. The standard InChI is InChI=1S/C15H21BrN2O/c1-19-14-6-5-9(7-12(14)16)8-13(18-17)15-10-3-2-4-11(10)15/h5-7,10-11,13,15,18H,2-4,8,17H2,1H3. The average Bonchev–Trinajstić information content (AvgIpc) is 2.88. The molecule has 0 saturated heterocycles. The van der Waals surface area contributed by atoms with E-state index < -0.39 is 0 Å². The fourth-order valence-corrected chi connectivity index (χ4v) is 4.46. The average molecular weight is 325 g/mol. The van der Waals surface area contributed by atoms with Crippen LogP contribution in [0.5, 0.6) is 5.75 Å². The largest absolute Gasteiger partial charge is 0.496 e. The van der Waals surface area contributed by atoms with Gasteiger partial charge in [0.25, 0.3) is 0 Å². The smallest absolute Gasteiger partial charge is 0.133 e. The molecule has 3 nitrogen and oxygen atoms in total. The van der Waals surface area contributed by atoms with E-state index in [1.807, 2.05) is 6.07 Å². The van der Waals surface area contributed by atoms with E-state index in [-0.39, 0.29) is 0 Å². The van der Waals surface area contributed by atoms with Crippen LogP contribution in [-0.4, -0.2) is 13.2 Å². The number of halogens is 1. The summed E-state index contributed by atoms with van der Waals surface area (Å²) >= 11 is 3.54. The highest BCUT2D eigenvalue weighted by molar-refractivity contribution is 9.10. The maximum Gasteiger partial charge on any atom is 0.133 e. The molecule has 2 fully saturated rings. The second-order valence-electron chi connectivity index (χ2n) is 5.78. The van der Waals surface area contributed by atoms with Crippen LogP contribution in [0.15, 0.2) is 22.7 Å². The molecule has 0 bridgehead atoms. The van der Waals surface area contributed by atoms with Crippen molar-refractivity contribution in [3.8, 4) is 5.75 Å². The van der Waals surface area contributed by atoms with E-state index >= 15 is 0 Å². The van der Waals surface area contributed by atoms with Gasteiger partial charge in [0, 0.05) is 6.04 Å². The molecule has 1 aromatic carbocycles. The molecule has 19 heavy (non-hydrogen) atoms. The minimum atomic E-state index is 0.413. The molecular weight excluding hydrogens is 304 g/mol. The van der Waals surface area contributed by atoms with Gasteiger partial charge in [-0.2, -0.15) is 0 Å². The highest BCUT2D eigenvalue weighted by Gasteiger charge is 2.55. The van der Waals surface area contributed by atoms with Crippen molar-refractivity contribution >= 4 is 15.9 Å². The third-order valence-corrected chi connectivity index (χ3v) is 5.44. The van der Waals surface area contributed by atoms with Crippen LogP contribution in [0.1, 0.15) is 24.8 Å². The zero-order valence-corrected chi connectivity index (χ0v) is 12.8. The highest BCUT2D eigenvalue weighted by Crippen LogP contribution is 2.59. The molecule has 3 N–H and O–H groups in total. The highest BCUT2D eigenvalue weighted by atomic mass is 79.9. The number of fused-ring (bicyclic) bond motifs is 1. The van der Waals surface area contributed by atoms with E-state index in [2.05, 4.69) is 33.5 Å². The van der Waals surface area contributed by atoms with E-state index in [0.29, 0.717) is 6.04 Å². The van der Waals surface area contributed by atoms with E-state index in [4.69, 9.17) is 10.6 Å². The van der Waals surface area contributed by atoms with Gasteiger partial charge in [-0.15, -0.1) is 0 Å². The molecule has 0 radical (unpaired) electrons. The predicted molar refractivity (Wildman–Crippen MR) is 79.8 cm³/mol. The molecule has 0 spiro atoms. The molecule has 1 aromatic rings. The monoisotopic (exact) mass is 324 g/mol. The van der Waals surface area contributed by atoms with E-state index in [1.165, 1.54) is 24.8 Å². The maximum absolute atomic E-state index is 5.77. The summed E-state index contributed by atoms with van der Waals surface area (Å²) in [5, 5.41) is 0. The Kier molecular flexibility index (Phi) is 3.83. The normalized spacial score (nSPS) is 29.9. The predicted octanol–water partition coefficient (Wildman–Crippen LogP) is 2.88. The SMILES string of the molecule is COc1ccc(CC(NN)C2C3CCCC32)cc1Br. The van der Waals surface area contributed by atoms with Gasteiger partial charge >= 0.3 is 0 Å². The maximum atomic E-state index is 5.77. The quantitative estimate of drug-likeness (QED) is 0.646. The third kappa shape index (κ3) is 2.54. The van der Waals surface area contributed by atoms with Crippen LogP contribution < -0.4 is 16.0 Å². The number of benzene rings is 1. The van der Waals surface area contributed by atoms with Crippen molar-refractivity contribution in [3.63, 3.8) is 0 Å². The molecule has 3 rings (SSSR count). The lowest BCUT2D eigenvalue weighted by atomic mass is 9.97. The van der Waals surface area contributed by atoms with Crippen molar-refractivity contribution in [2.45, 2.75) is 31.7 Å². The first-order chi connectivity index (χ1) is 9.24. The Morgan fingerprint density at radius 2 is 2.16 bits per heavy atom. The first-order valence-corrected chi connectivity index (χ1v) is 7.82. The van der Waals surface area contributed by atoms with Crippen LogP contribution in [0.25, 0.3) is 0 Å². The lowest BCUT2D eigenvalue weighted by molar-refractivity contribution is 0.406. The zero-order valence-electron chi connectivity index (χ0n) is 11.2. The van der Waals surface area contributed by atoms with Gasteiger partial charge in [-0.1, -0.05) is 12.5 Å². The summed E-state index contributed by atoms with van der Waals surface area (Å²) in [7, 11) is 1.69. The summed E-state index contributed by atoms with van der Waals surface area (Å²) in [4.78, 5) is 0. The first kappa shape index (κ1) is 13.4. The molecule has 0 aliphatic heterocycles. The van der Waals surface area contributed by atoms with Crippen molar-refractivity contribution in [1.82, 2.24) is 5.43 Å². The second kappa shape index (κ2) is 5.43. The van der Waals surface area contributed by atoms with Crippen molar-refractivity contribution in [2.75, 3.05) is 7.11 Å². The number of hydrazine groups is 1. The molecule has 3 unspecified atom stereocenters. The second-order valence-corrected chi connectivity index (χ2v) is 6.64. The fourth-order valence-electron chi connectivity index (χ4n) is 3.87. The van der Waals surface area contributed by atoms with Crippen molar-refractivity contribution in [2.24, 2.45) is 23.6 Å². The molecule has 2 aliphatic rings. The van der Waals surface area contributed by atoms with Gasteiger partial charge < -0.3 is 4.74 Å². The molecule has 0 amide bonds. The lowest BCUT2D eigenvalue weighted by Gasteiger charge is -2.18. The van der Waals surface area contributed by atoms with E-state index in [0.717, 1.165) is 34.4 Å². The molecule has 0 heterocycles. The Labute approximate surface area is 123 Å². The van der Waals surface area contributed by atoms with Gasteiger partial charge in [-0.05, 0) is 70.6 Å². The number of ether oxygens (including phenoxy) is 1. The fraction of sp³-hybridized carbons (Fsp3) is 0.600. The third-order valence-electron chi connectivity index (χ3n) is 4.82. The number of rotatable bonds is 5. The number of hydrogen-bond acceptors (Lipinski definition) is 3. The van der Waals surface area contributed by atoms with Crippen LogP contribution in [0.4, 0.5) is 0 Å². The van der Waals surface area contributed by atoms with Gasteiger partial charge in [-0.3, -0.25) is 11.3 Å². The van der Waals surface area contributed by atoms with E-state index in [1.54, 1.807) is 7.11 Å². The molecule has 4 heteroatoms. The molecular formula is C15H21BrN2O. The summed E-state index contributed by atoms with van der Waals surface area (Å²) in [6.07, 6.45) is 5.22. The van der Waals surface area contributed by atoms with Crippen molar-refractivity contribution in [1.29, 1.82) is 0 Å². The van der Waals surface area contributed by atoms with Gasteiger partial charge in [0.2, 0.25) is 0 Å². The Bertz CT molecular complexity index is 455. The summed E-state index contributed by atoms with van der Waals surface area (Å²) in [6, 6.07) is 6.70. The van der Waals surface area contributed by atoms with Gasteiger partial charge in [0.1, 0.15) is 5.75 Å². The van der Waals surface area contributed by atoms with Crippen molar-refractivity contribution < 1.29 is 4.74 Å². The molecule has 2 saturated carbocycles. The number of nitrogens with one attached hydrogen (secondary N) is 1. The number of hydrogen-bond donors (Lipinski definition) is 2. The summed E-state index contributed by atoms with van der Waals surface area (Å²) < 4.78 is 6.28. The first-order valence-electron chi connectivity index (χ1n) is 7.03.